The number of carbonyl (C=O) groups excluding carboxylic acids is 2. The number of ketones is 1. The minimum atomic E-state index is -1.05. The number of carbonyl (C=O) groups is 2. The monoisotopic (exact) mass is 359 g/mol. The molecular formula is C22H17NO4. The second-order valence-electron chi connectivity index (χ2n) is 6.20. The molecule has 0 aliphatic rings. The van der Waals surface area contributed by atoms with Crippen LogP contribution in [-0.4, -0.2) is 16.7 Å². The molecule has 134 valence electrons. The van der Waals surface area contributed by atoms with E-state index in [-0.39, 0.29) is 5.78 Å². The van der Waals surface area contributed by atoms with E-state index in [0.717, 1.165) is 10.9 Å². The number of hydrogen-bond donors (Lipinski definition) is 1. The first-order chi connectivity index (χ1) is 13.1. The number of Topliss-reactive ketones (excluding diaryl/α,β-unsaturated/α-hetero) is 1. The van der Waals surface area contributed by atoms with E-state index in [4.69, 9.17) is 9.15 Å². The third-order valence-corrected chi connectivity index (χ3v) is 4.50. The molecule has 0 aliphatic carbocycles. The summed E-state index contributed by atoms with van der Waals surface area (Å²) in [5, 5.41) is 0.791. The first kappa shape index (κ1) is 16.8. The number of aryl methyl sites for hydroxylation is 1. The molecule has 27 heavy (non-hydrogen) atoms. The number of aromatic nitrogens is 1. The quantitative estimate of drug-likeness (QED) is 0.408. The predicted molar refractivity (Wildman–Crippen MR) is 101 cm³/mol. The maximum atomic E-state index is 13.3. The van der Waals surface area contributed by atoms with Gasteiger partial charge in [-0.2, -0.15) is 0 Å². The number of nitrogens with one attached hydrogen (secondary N) is 1. The fourth-order valence-corrected chi connectivity index (χ4v) is 3.08. The molecule has 0 unspecified atom stereocenters. The third kappa shape index (κ3) is 3.15. The van der Waals surface area contributed by atoms with Crippen LogP contribution in [0.4, 0.5) is 0 Å². The van der Waals surface area contributed by atoms with Gasteiger partial charge in [0, 0.05) is 28.2 Å². The Hall–Kier alpha value is -3.60. The van der Waals surface area contributed by atoms with Gasteiger partial charge in [0.25, 0.3) is 0 Å². The second-order valence-corrected chi connectivity index (χ2v) is 6.20. The Morgan fingerprint density at radius 1 is 0.963 bits per heavy atom. The van der Waals surface area contributed by atoms with E-state index in [1.807, 2.05) is 42.5 Å². The minimum Gasteiger partial charge on any atom is -0.469 e. The van der Waals surface area contributed by atoms with E-state index in [1.54, 1.807) is 25.3 Å². The normalized spacial score (nSPS) is 12.0. The summed E-state index contributed by atoms with van der Waals surface area (Å²) in [5.41, 5.74) is 2.26. The number of fused-ring (bicyclic) bond motifs is 1. The van der Waals surface area contributed by atoms with Crippen LogP contribution in [0.5, 0.6) is 0 Å². The highest BCUT2D eigenvalue weighted by Crippen LogP contribution is 2.28. The number of H-pyrrole nitrogens is 1. The van der Waals surface area contributed by atoms with Gasteiger partial charge in [-0.15, -0.1) is 0 Å². The highest BCUT2D eigenvalue weighted by molar-refractivity contribution is 6.11. The molecule has 2 heterocycles. The number of benzene rings is 2. The lowest BCUT2D eigenvalue weighted by molar-refractivity contribution is 0.0279. The summed E-state index contributed by atoms with van der Waals surface area (Å²) in [6.45, 7) is 1.68. The van der Waals surface area contributed by atoms with Crippen LogP contribution in [0.15, 0.2) is 77.5 Å². The van der Waals surface area contributed by atoms with Crippen molar-refractivity contribution in [2.45, 2.75) is 13.0 Å². The van der Waals surface area contributed by atoms with Crippen molar-refractivity contribution in [3.05, 3.63) is 95.6 Å². The lowest BCUT2D eigenvalue weighted by Crippen LogP contribution is -2.20. The molecule has 0 bridgehead atoms. The zero-order chi connectivity index (χ0) is 18.8. The van der Waals surface area contributed by atoms with Gasteiger partial charge < -0.3 is 14.1 Å². The van der Waals surface area contributed by atoms with Crippen LogP contribution in [0.25, 0.3) is 10.9 Å². The molecule has 0 fully saturated rings. The van der Waals surface area contributed by atoms with Gasteiger partial charge in [-0.1, -0.05) is 48.5 Å². The molecule has 0 saturated carbocycles. The zero-order valence-corrected chi connectivity index (χ0v) is 14.6. The molecule has 5 nitrogen and oxygen atoms in total. The zero-order valence-electron chi connectivity index (χ0n) is 14.6. The number of aromatic amines is 1. The number of esters is 1. The number of furan rings is 1. The van der Waals surface area contributed by atoms with Crippen molar-refractivity contribution in [1.82, 2.24) is 4.98 Å². The van der Waals surface area contributed by atoms with Crippen molar-refractivity contribution >= 4 is 22.7 Å². The van der Waals surface area contributed by atoms with E-state index >= 15 is 0 Å². The van der Waals surface area contributed by atoms with Crippen LogP contribution < -0.4 is 0 Å². The summed E-state index contributed by atoms with van der Waals surface area (Å²) < 4.78 is 10.8. The number of hydrogen-bond acceptors (Lipinski definition) is 4. The number of para-hydroxylation sites is 1. The molecule has 4 rings (SSSR count). The van der Waals surface area contributed by atoms with Crippen molar-refractivity contribution < 1.29 is 18.7 Å². The molecule has 1 N–H and O–H groups in total. The Labute approximate surface area is 155 Å². The average Bonchev–Trinajstić information content (AvgIpc) is 3.32. The van der Waals surface area contributed by atoms with Gasteiger partial charge in [0.2, 0.25) is 5.78 Å². The molecular weight excluding hydrogens is 342 g/mol. The molecule has 5 heteroatoms. The van der Waals surface area contributed by atoms with E-state index < -0.39 is 12.1 Å². The Morgan fingerprint density at radius 3 is 2.44 bits per heavy atom. The van der Waals surface area contributed by atoms with Gasteiger partial charge in [-0.3, -0.25) is 4.79 Å². The Bertz CT molecular complexity index is 1110. The first-order valence-electron chi connectivity index (χ1n) is 8.55. The summed E-state index contributed by atoms with van der Waals surface area (Å²) in [5.74, 6) is -0.428. The van der Waals surface area contributed by atoms with Gasteiger partial charge in [0.05, 0.1) is 6.26 Å². The highest BCUT2D eigenvalue weighted by atomic mass is 16.5. The Balaban J connectivity index is 1.73. The van der Waals surface area contributed by atoms with Gasteiger partial charge in [0.1, 0.15) is 11.3 Å². The lowest BCUT2D eigenvalue weighted by atomic mass is 9.99. The molecule has 0 saturated heterocycles. The molecule has 2 aromatic carbocycles. The van der Waals surface area contributed by atoms with Crippen LogP contribution in [-0.2, 0) is 4.74 Å². The van der Waals surface area contributed by atoms with Crippen LogP contribution in [0.2, 0.25) is 0 Å². The largest absolute Gasteiger partial charge is 0.469 e. The lowest BCUT2D eigenvalue weighted by Gasteiger charge is -2.17. The molecule has 0 amide bonds. The summed E-state index contributed by atoms with van der Waals surface area (Å²) in [6.07, 6.45) is 2.03. The molecule has 2 aromatic heterocycles. The molecule has 1 atom stereocenters. The fourth-order valence-electron chi connectivity index (χ4n) is 3.08. The third-order valence-electron chi connectivity index (χ3n) is 4.50. The van der Waals surface area contributed by atoms with Gasteiger partial charge in [-0.05, 0) is 19.1 Å². The molecule has 0 aliphatic heterocycles. The number of ether oxygens (including phenoxy) is 1. The van der Waals surface area contributed by atoms with Crippen LogP contribution in [0.1, 0.15) is 38.1 Å². The fraction of sp³-hybridized carbons (Fsp3) is 0.0909. The van der Waals surface area contributed by atoms with Crippen LogP contribution in [0.3, 0.4) is 0 Å². The summed E-state index contributed by atoms with van der Waals surface area (Å²) in [4.78, 5) is 29.0. The molecule has 0 spiro atoms. The Morgan fingerprint density at radius 2 is 1.70 bits per heavy atom. The standard InChI is InChI=1S/C22H17NO4/c1-14-16(11-12-26-14)22(25)27-21(15-7-3-2-4-8-15)20(24)18-13-23-19-10-6-5-9-17(18)19/h2-13,21,23H,1H3/t21-/m0/s1. The second kappa shape index (κ2) is 6.96. The predicted octanol–water partition coefficient (Wildman–Crippen LogP) is 4.85. The summed E-state index contributed by atoms with van der Waals surface area (Å²) >= 11 is 0. The van der Waals surface area contributed by atoms with E-state index in [2.05, 4.69) is 4.98 Å². The Kier molecular flexibility index (Phi) is 4.34. The van der Waals surface area contributed by atoms with Crippen molar-refractivity contribution in [2.24, 2.45) is 0 Å². The SMILES string of the molecule is Cc1occc1C(=O)O[C@H](C(=O)c1c[nH]c2ccccc12)c1ccccc1. The van der Waals surface area contributed by atoms with E-state index in [9.17, 15) is 9.59 Å². The van der Waals surface area contributed by atoms with Crippen LogP contribution >= 0.6 is 0 Å². The highest BCUT2D eigenvalue weighted by Gasteiger charge is 2.29. The van der Waals surface area contributed by atoms with Crippen molar-refractivity contribution in [2.75, 3.05) is 0 Å². The minimum absolute atomic E-state index is 0.284. The van der Waals surface area contributed by atoms with Gasteiger partial charge >= 0.3 is 5.97 Å². The van der Waals surface area contributed by atoms with Gasteiger partial charge in [0.15, 0.2) is 6.10 Å². The van der Waals surface area contributed by atoms with E-state index in [1.165, 1.54) is 12.3 Å². The van der Waals surface area contributed by atoms with E-state index in [0.29, 0.717) is 22.5 Å². The van der Waals surface area contributed by atoms with Crippen molar-refractivity contribution in [1.29, 1.82) is 0 Å². The van der Waals surface area contributed by atoms with Crippen LogP contribution in [0, 0.1) is 6.92 Å². The molecule has 4 aromatic rings. The summed E-state index contributed by atoms with van der Waals surface area (Å²) in [6, 6.07) is 18.1. The smallest absolute Gasteiger partial charge is 0.342 e. The average molecular weight is 359 g/mol. The molecule has 0 radical (unpaired) electrons. The summed E-state index contributed by atoms with van der Waals surface area (Å²) in [7, 11) is 0. The topological polar surface area (TPSA) is 72.3 Å². The van der Waals surface area contributed by atoms with Crippen molar-refractivity contribution in [3.8, 4) is 0 Å². The maximum absolute atomic E-state index is 13.3. The first-order valence-corrected chi connectivity index (χ1v) is 8.55. The maximum Gasteiger partial charge on any atom is 0.342 e. The van der Waals surface area contributed by atoms with Gasteiger partial charge in [-0.25, -0.2) is 4.79 Å². The van der Waals surface area contributed by atoms with Crippen molar-refractivity contribution in [3.63, 3.8) is 0 Å². The number of rotatable bonds is 5.